The number of carbonyl (C=O) groups is 4. The molecule has 9 aromatic rings. The van der Waals surface area contributed by atoms with Gasteiger partial charge in [0, 0.05) is 96.2 Å². The maximum Gasteiger partial charge on any atom is 1.00 e. The molecule has 9 rings (SSSR count). The number of hydrogen-bond donors (Lipinski definition) is 2. The summed E-state index contributed by atoms with van der Waals surface area (Å²) in [5.41, 5.74) is 5.92. The van der Waals surface area contributed by atoms with Crippen LogP contribution in [0, 0.1) is 0 Å². The van der Waals surface area contributed by atoms with Gasteiger partial charge in [-0.15, -0.1) is 0 Å². The van der Waals surface area contributed by atoms with Gasteiger partial charge < -0.3 is 40.7 Å². The molecule has 3 atom stereocenters. The SMILES string of the molecule is C.C.C.C.C.CCOC(=O)C(Br)c1cccc(Cl)c1.CCOC(=O)C(Oc1ccc(Cl)cc1-c1ccn(CC)n1)c1cccc(Cl)c1.CCn1ccc(-c2cc(Cl)ccc2O)n1.CCn1ccc(-c2cc(Cl)ccc2OC(C(=O)O)c2cccc(Cl)c2)n1.O=CO[O-].[H-].[K+].[K+]. The number of aryl methyl sites for hydroxylation is 3. The van der Waals surface area contributed by atoms with Crippen LogP contribution < -0.4 is 118 Å². The number of nitrogens with zero attached hydrogens (tertiary/aromatic N) is 6. The van der Waals surface area contributed by atoms with E-state index in [1.165, 1.54) is 0 Å². The maximum atomic E-state index is 12.6. The Morgan fingerprint density at radius 2 is 0.840 bits per heavy atom. The monoisotopic (exact) mass is 1530 g/mol. The minimum atomic E-state index is -1.21. The first kappa shape index (κ1) is 93.9. The van der Waals surface area contributed by atoms with Crippen molar-refractivity contribution in [3.05, 3.63) is 211 Å². The molecule has 18 nitrogen and oxygen atoms in total. The van der Waals surface area contributed by atoms with Crippen molar-refractivity contribution in [2.45, 2.75) is 108 Å². The first-order valence-electron chi connectivity index (χ1n) is 26.5. The van der Waals surface area contributed by atoms with Gasteiger partial charge in [-0.25, -0.2) is 9.59 Å². The number of rotatable bonds is 19. The molecule has 0 amide bonds. The third-order valence-corrected chi connectivity index (χ3v) is 14.1. The fourth-order valence-electron chi connectivity index (χ4n) is 7.71. The molecule has 27 heteroatoms. The summed E-state index contributed by atoms with van der Waals surface area (Å²) in [6.07, 6.45) is 3.41. The minimum absolute atomic E-state index is 0. The predicted molar refractivity (Wildman–Crippen MR) is 372 cm³/mol. The second kappa shape index (κ2) is 49.2. The molecule has 0 spiro atoms. The summed E-state index contributed by atoms with van der Waals surface area (Å²) in [6, 6.07) is 41.3. The average Bonchev–Trinajstić information content (AvgIpc) is 1.81. The maximum absolute atomic E-state index is 12.6. The van der Waals surface area contributed by atoms with Gasteiger partial charge in [-0.2, -0.15) is 15.3 Å². The molecule has 3 unspecified atom stereocenters. The van der Waals surface area contributed by atoms with Gasteiger partial charge >= 0.3 is 121 Å². The second-order valence-corrected chi connectivity index (χ2v) is 21.2. The molecule has 94 heavy (non-hydrogen) atoms. The van der Waals surface area contributed by atoms with Crippen molar-refractivity contribution in [1.29, 1.82) is 0 Å². The number of halogens is 7. The van der Waals surface area contributed by atoms with Gasteiger partial charge in [-0.3, -0.25) is 23.6 Å². The molecule has 0 aliphatic carbocycles. The van der Waals surface area contributed by atoms with Crippen molar-refractivity contribution in [3.8, 4) is 51.0 Å². The summed E-state index contributed by atoms with van der Waals surface area (Å²) in [5, 5.41) is 44.2. The Labute approximate surface area is 676 Å². The number of aromatic hydroxyl groups is 1. The number of carboxylic acid groups (broad SMARTS) is 1. The van der Waals surface area contributed by atoms with E-state index in [4.69, 9.17) is 98.6 Å². The Balaban J connectivity index is -0.000000573. The molecule has 0 bridgehead atoms. The van der Waals surface area contributed by atoms with Crippen LogP contribution in [0.2, 0.25) is 30.1 Å². The number of alkyl halides is 1. The number of ether oxygens (including phenoxy) is 4. The van der Waals surface area contributed by atoms with Gasteiger partial charge in [0.05, 0.1) is 30.3 Å². The van der Waals surface area contributed by atoms with E-state index in [2.05, 4.69) is 36.1 Å². The van der Waals surface area contributed by atoms with Gasteiger partial charge in [0.1, 0.15) is 22.1 Å². The molecule has 6 aromatic carbocycles. The van der Waals surface area contributed by atoms with Crippen LogP contribution in [-0.2, 0) is 53.2 Å². The summed E-state index contributed by atoms with van der Waals surface area (Å²) in [6.45, 7) is 12.2. The Kier molecular flexibility index (Phi) is 49.2. The van der Waals surface area contributed by atoms with E-state index in [-0.39, 0.29) is 166 Å². The van der Waals surface area contributed by atoms with E-state index < -0.39 is 29.0 Å². The fourth-order valence-corrected chi connectivity index (χ4v) is 9.24. The van der Waals surface area contributed by atoms with Gasteiger partial charge in [-0.1, -0.05) is 159 Å². The van der Waals surface area contributed by atoms with E-state index >= 15 is 0 Å². The molecule has 500 valence electrons. The number of aromatic nitrogens is 6. The van der Waals surface area contributed by atoms with Gasteiger partial charge in [0.15, 0.2) is 0 Å². The fraction of sp³-hybridized carbons (Fsp3) is 0.269. The zero-order valence-corrected chi connectivity index (χ0v) is 61.6. The molecule has 0 saturated heterocycles. The van der Waals surface area contributed by atoms with E-state index in [1.807, 2.05) is 63.6 Å². The number of carboxylic acids is 1. The standard InChI is InChI=1S/C21H20Cl2N2O3.C19H16Cl2N2O3.C11H11ClN2O.C10H10BrClO2.CH2O3.5CH4.2K.H/c1-3-25-11-10-18(24-25)17-13-16(23)8-9-19(17)28-20(21(26)27-4-2)14-6-5-7-15(22)12-14;1-2-23-9-8-16(22-23)15-11-14(21)6-7-17(15)26-18(19(24)25)12-4-3-5-13(20)10-12;1-2-14-6-5-10(13-14)9-7-8(12)3-4-11(9)15;1-2-14-10(13)9(11)7-4-3-5-8(12)6-7;2-1-4-3;;;;;;;;/h5-13,20H,3-4H2,1-2H3;3-11,18H,2H2,1H3,(H,24,25);3-7,15H,2H2,1H3;3-6,9H,2H2,1H3;1,3H;5*1H4;;;/q;;;;;;;;;;2*+1;-1/p-1. The van der Waals surface area contributed by atoms with Crippen molar-refractivity contribution in [2.24, 2.45) is 0 Å². The Hall–Kier alpha value is -4.32. The molecule has 0 fully saturated rings. The summed E-state index contributed by atoms with van der Waals surface area (Å²) in [5.74, 6) is -0.862. The number of phenols is 1. The van der Waals surface area contributed by atoms with Crippen LogP contribution in [0.1, 0.15) is 107 Å². The first-order chi connectivity index (χ1) is 41.7. The number of phenolic OH excluding ortho intramolecular Hbond substituents is 1. The molecular weight excluding hydrogens is 1450 g/mol. The van der Waals surface area contributed by atoms with Gasteiger partial charge in [0.25, 0.3) is 6.47 Å². The quantitative estimate of drug-likeness (QED) is 0.0191. The Bertz CT molecular complexity index is 3720. The van der Waals surface area contributed by atoms with E-state index in [1.54, 1.807) is 149 Å². The number of esters is 2. The number of aliphatic carboxylic acids is 1. The number of benzene rings is 6. The Morgan fingerprint density at radius 1 is 0.511 bits per heavy atom. The van der Waals surface area contributed by atoms with Crippen LogP contribution in [0.4, 0.5) is 0 Å². The van der Waals surface area contributed by atoms with Crippen molar-refractivity contribution in [3.63, 3.8) is 0 Å². The number of hydrogen-bond acceptors (Lipinski definition) is 14. The van der Waals surface area contributed by atoms with Crippen LogP contribution in [0.3, 0.4) is 0 Å². The third-order valence-electron chi connectivity index (χ3n) is 11.8. The zero-order valence-electron chi connectivity index (χ0n) is 50.2. The number of carbonyl (C=O) groups excluding carboxylic acids is 3. The predicted octanol–water partition coefficient (Wildman–Crippen LogP) is 12.6. The van der Waals surface area contributed by atoms with Gasteiger partial charge in [-0.05, 0) is 149 Å². The van der Waals surface area contributed by atoms with Gasteiger partial charge in [0.2, 0.25) is 12.2 Å². The largest absolute Gasteiger partial charge is 1.00 e. The molecule has 2 N–H and O–H groups in total. The molecule has 0 radical (unpaired) electrons. The van der Waals surface area contributed by atoms with E-state index in [0.717, 1.165) is 30.9 Å². The van der Waals surface area contributed by atoms with Crippen molar-refractivity contribution >= 4 is 110 Å². The first-order valence-corrected chi connectivity index (χ1v) is 29.7. The molecule has 0 aliphatic heterocycles. The van der Waals surface area contributed by atoms with Crippen LogP contribution in [0.25, 0.3) is 33.8 Å². The van der Waals surface area contributed by atoms with Crippen molar-refractivity contribution < 1.29 is 163 Å². The average molecular weight is 1530 g/mol. The summed E-state index contributed by atoms with van der Waals surface area (Å²) in [4.78, 5) is 46.5. The van der Waals surface area contributed by atoms with E-state index in [0.29, 0.717) is 87.4 Å². The molecule has 3 aromatic heterocycles. The summed E-state index contributed by atoms with van der Waals surface area (Å²) >= 11 is 39.3. The van der Waals surface area contributed by atoms with Crippen molar-refractivity contribution in [2.75, 3.05) is 13.2 Å². The van der Waals surface area contributed by atoms with Crippen LogP contribution in [-0.4, -0.2) is 77.1 Å². The summed E-state index contributed by atoms with van der Waals surface area (Å²) in [7, 11) is 0. The van der Waals surface area contributed by atoms with E-state index in [9.17, 15) is 24.6 Å². The minimum Gasteiger partial charge on any atom is -1.00 e. The molecular formula is C67H79BrCl6K2N6O12. The third kappa shape index (κ3) is 29.8. The summed E-state index contributed by atoms with van der Waals surface area (Å²) < 4.78 is 27.4. The topological polar surface area (TPSA) is 231 Å². The Morgan fingerprint density at radius 3 is 1.20 bits per heavy atom. The van der Waals surface area contributed by atoms with Crippen LogP contribution in [0.15, 0.2) is 164 Å². The smallest absolute Gasteiger partial charge is 1.00 e. The molecule has 0 saturated carbocycles. The molecule has 3 heterocycles. The van der Waals surface area contributed by atoms with Crippen LogP contribution in [0.5, 0.6) is 17.2 Å². The van der Waals surface area contributed by atoms with Crippen molar-refractivity contribution in [1.82, 2.24) is 29.3 Å². The zero-order chi connectivity index (χ0) is 63.6. The molecule has 0 aliphatic rings. The second-order valence-electron chi connectivity index (χ2n) is 17.7. The normalized spacial score (nSPS) is 10.6. The van der Waals surface area contributed by atoms with Crippen LogP contribution >= 0.6 is 85.5 Å².